The third-order valence-corrected chi connectivity index (χ3v) is 6.16. The Bertz CT molecular complexity index is 766. The highest BCUT2D eigenvalue weighted by molar-refractivity contribution is 5.97. The predicted octanol–water partition coefficient (Wildman–Crippen LogP) is 0.475. The largest absolute Gasteiger partial charge is 0.496 e. The van der Waals surface area contributed by atoms with E-state index >= 15 is 0 Å². The summed E-state index contributed by atoms with van der Waals surface area (Å²) in [6.07, 6.45) is -0.329. The lowest BCUT2D eigenvalue weighted by Crippen LogP contribution is -2.64. The number of nitrogens with zero attached hydrogens (tertiary/aromatic N) is 2. The third-order valence-electron chi connectivity index (χ3n) is 6.16. The second-order valence-electron chi connectivity index (χ2n) is 8.15. The van der Waals surface area contributed by atoms with Crippen LogP contribution in [0.1, 0.15) is 38.3 Å². The Morgan fingerprint density at radius 2 is 2.07 bits per heavy atom. The summed E-state index contributed by atoms with van der Waals surface area (Å²) in [5.41, 5.74) is 2.29. The van der Waals surface area contributed by atoms with E-state index in [9.17, 15) is 14.7 Å². The van der Waals surface area contributed by atoms with Gasteiger partial charge in [-0.1, -0.05) is 19.9 Å². The summed E-state index contributed by atoms with van der Waals surface area (Å²) in [5.74, 6) is 0.496. The molecule has 3 rings (SSSR count). The molecule has 1 aromatic carbocycles. The summed E-state index contributed by atoms with van der Waals surface area (Å²) in [7, 11) is 1.69. The second-order valence-corrected chi connectivity index (χ2v) is 8.15. The zero-order valence-corrected chi connectivity index (χ0v) is 18.4. The number of aliphatic hydroxyl groups excluding tert-OH is 1. The molecule has 2 aliphatic heterocycles. The smallest absolute Gasteiger partial charge is 0.248 e. The molecule has 0 aliphatic carbocycles. The Morgan fingerprint density at radius 3 is 2.70 bits per heavy atom. The monoisotopic (exact) mass is 418 g/mol. The minimum Gasteiger partial charge on any atom is -0.496 e. The van der Waals surface area contributed by atoms with E-state index in [0.717, 1.165) is 36.5 Å². The van der Waals surface area contributed by atoms with Gasteiger partial charge in [-0.3, -0.25) is 14.5 Å². The first-order valence-corrected chi connectivity index (χ1v) is 10.8. The van der Waals surface area contributed by atoms with Crippen molar-refractivity contribution >= 4 is 11.8 Å². The first-order chi connectivity index (χ1) is 14.4. The molecule has 0 bridgehead atoms. The van der Waals surface area contributed by atoms with E-state index < -0.39 is 18.2 Å². The molecule has 3 N–H and O–H groups in total. The normalized spacial score (nSPS) is 24.7. The number of piperazine rings is 1. The molecule has 2 fully saturated rings. The lowest BCUT2D eigenvalue weighted by atomic mass is 10.0. The summed E-state index contributed by atoms with van der Waals surface area (Å²) in [5, 5.41) is 15.9. The highest BCUT2D eigenvalue weighted by Crippen LogP contribution is 2.25. The lowest BCUT2D eigenvalue weighted by molar-refractivity contribution is -0.149. The maximum absolute atomic E-state index is 12.6. The van der Waals surface area contributed by atoms with Crippen molar-refractivity contribution in [2.75, 3.05) is 26.7 Å². The highest BCUT2D eigenvalue weighted by atomic mass is 16.5. The fourth-order valence-corrected chi connectivity index (χ4v) is 4.31. The summed E-state index contributed by atoms with van der Waals surface area (Å²) in [6.45, 7) is 9.73. The van der Waals surface area contributed by atoms with Crippen molar-refractivity contribution in [1.29, 1.82) is 0 Å². The summed E-state index contributed by atoms with van der Waals surface area (Å²) in [6, 6.07) is 4.93. The van der Waals surface area contributed by atoms with Crippen molar-refractivity contribution in [3.8, 4) is 5.75 Å². The number of methoxy groups -OCH3 is 1. The van der Waals surface area contributed by atoms with Crippen LogP contribution in [0.5, 0.6) is 5.75 Å². The zero-order valence-electron chi connectivity index (χ0n) is 18.4. The Hall–Kier alpha value is -2.16. The van der Waals surface area contributed by atoms with Gasteiger partial charge in [0.05, 0.1) is 13.2 Å². The number of ether oxygens (including phenoxy) is 1. The quantitative estimate of drug-likeness (QED) is 0.540. The molecule has 8 heteroatoms. The fourth-order valence-electron chi connectivity index (χ4n) is 4.31. The van der Waals surface area contributed by atoms with Gasteiger partial charge in [0.2, 0.25) is 11.8 Å². The molecule has 166 valence electrons. The minimum atomic E-state index is -0.905. The van der Waals surface area contributed by atoms with Crippen molar-refractivity contribution < 1.29 is 19.4 Å². The van der Waals surface area contributed by atoms with E-state index in [4.69, 9.17) is 4.74 Å². The SMILES string of the molecule is CCN(CC)Cc1cc(CN[C@H]2C[C@H]3C(=O)N[C@@H]([C@@H](C)O)C(=O)N3C2)ccc1OC. The van der Waals surface area contributed by atoms with Gasteiger partial charge in [0.15, 0.2) is 0 Å². The van der Waals surface area contributed by atoms with Crippen molar-refractivity contribution in [2.24, 2.45) is 0 Å². The molecule has 0 unspecified atom stereocenters. The van der Waals surface area contributed by atoms with Crippen molar-refractivity contribution in [2.45, 2.75) is 64.5 Å². The van der Waals surface area contributed by atoms with Gasteiger partial charge >= 0.3 is 0 Å². The molecule has 0 aromatic heterocycles. The average molecular weight is 419 g/mol. The number of amides is 2. The van der Waals surface area contributed by atoms with E-state index in [1.54, 1.807) is 12.0 Å². The van der Waals surface area contributed by atoms with Crippen molar-refractivity contribution in [3.63, 3.8) is 0 Å². The van der Waals surface area contributed by atoms with Gasteiger partial charge in [-0.15, -0.1) is 0 Å². The summed E-state index contributed by atoms with van der Waals surface area (Å²) in [4.78, 5) is 28.9. The highest BCUT2D eigenvalue weighted by Gasteiger charge is 2.47. The van der Waals surface area contributed by atoms with Crippen molar-refractivity contribution in [1.82, 2.24) is 20.4 Å². The molecule has 0 spiro atoms. The van der Waals surface area contributed by atoms with Gasteiger partial charge in [-0.2, -0.15) is 0 Å². The molecule has 4 atom stereocenters. The molecule has 2 heterocycles. The first-order valence-electron chi connectivity index (χ1n) is 10.8. The minimum absolute atomic E-state index is 0.0331. The lowest BCUT2D eigenvalue weighted by Gasteiger charge is -2.35. The predicted molar refractivity (Wildman–Crippen MR) is 114 cm³/mol. The van der Waals surface area contributed by atoms with Crippen LogP contribution < -0.4 is 15.4 Å². The topological polar surface area (TPSA) is 94.1 Å². The molecule has 2 amide bonds. The van der Waals surface area contributed by atoms with E-state index in [1.807, 2.05) is 12.1 Å². The molecular weight excluding hydrogens is 384 g/mol. The summed E-state index contributed by atoms with van der Waals surface area (Å²) >= 11 is 0. The fraction of sp³-hybridized carbons (Fsp3) is 0.636. The van der Waals surface area contributed by atoms with E-state index in [1.165, 1.54) is 6.92 Å². The number of hydrogen-bond acceptors (Lipinski definition) is 6. The molecule has 30 heavy (non-hydrogen) atoms. The first kappa shape index (κ1) is 22.5. The molecule has 1 aromatic rings. The number of carbonyl (C=O) groups is 2. The molecule has 2 aliphatic rings. The third kappa shape index (κ3) is 4.77. The van der Waals surface area contributed by atoms with Crippen LogP contribution in [0, 0.1) is 0 Å². The molecular formula is C22H34N4O4. The van der Waals surface area contributed by atoms with E-state index in [2.05, 4.69) is 35.4 Å². The Kier molecular flexibility index (Phi) is 7.33. The van der Waals surface area contributed by atoms with E-state index in [-0.39, 0.29) is 17.9 Å². The van der Waals surface area contributed by atoms with Crippen LogP contribution in [-0.2, 0) is 22.7 Å². The number of nitrogens with one attached hydrogen (secondary N) is 2. The zero-order chi connectivity index (χ0) is 21.8. The number of hydrogen-bond donors (Lipinski definition) is 3. The molecule has 8 nitrogen and oxygen atoms in total. The second kappa shape index (κ2) is 9.76. The summed E-state index contributed by atoms with van der Waals surface area (Å²) < 4.78 is 5.53. The van der Waals surface area contributed by atoms with Crippen LogP contribution in [0.4, 0.5) is 0 Å². The van der Waals surface area contributed by atoms with E-state index in [0.29, 0.717) is 19.5 Å². The van der Waals surface area contributed by atoms with Crippen LogP contribution >= 0.6 is 0 Å². The number of benzene rings is 1. The van der Waals surface area contributed by atoms with Gasteiger partial charge < -0.3 is 25.4 Å². The standard InChI is InChI=1S/C22H34N4O4/c1-5-25(6-2)12-16-9-15(7-8-19(16)30-4)11-23-17-10-18-21(28)24-20(14(3)27)22(29)26(18)13-17/h7-9,14,17-18,20,23,27H,5-6,10-13H2,1-4H3,(H,24,28)/t14-,17+,18+,20+/m1/s1. The molecule has 2 saturated heterocycles. The van der Waals surface area contributed by atoms with Crippen LogP contribution in [0.3, 0.4) is 0 Å². The Balaban J connectivity index is 1.64. The van der Waals surface area contributed by atoms with Gasteiger partial charge in [0.1, 0.15) is 17.8 Å². The van der Waals surface area contributed by atoms with Crippen LogP contribution in [0.15, 0.2) is 18.2 Å². The number of rotatable bonds is 9. The molecule has 0 radical (unpaired) electrons. The van der Waals surface area contributed by atoms with Gasteiger partial charge in [0, 0.05) is 31.2 Å². The van der Waals surface area contributed by atoms with Gasteiger partial charge in [-0.25, -0.2) is 0 Å². The van der Waals surface area contributed by atoms with Crippen molar-refractivity contribution in [3.05, 3.63) is 29.3 Å². The maximum Gasteiger partial charge on any atom is 0.248 e. The van der Waals surface area contributed by atoms with Crippen LogP contribution in [0.25, 0.3) is 0 Å². The number of carbonyl (C=O) groups excluding carboxylic acids is 2. The number of aliphatic hydroxyl groups is 1. The van der Waals surface area contributed by atoms with Crippen LogP contribution in [-0.4, -0.2) is 77.7 Å². The Morgan fingerprint density at radius 1 is 1.33 bits per heavy atom. The maximum atomic E-state index is 12.6. The number of fused-ring (bicyclic) bond motifs is 1. The van der Waals surface area contributed by atoms with Gasteiger partial charge in [-0.05, 0) is 44.1 Å². The average Bonchev–Trinajstić information content (AvgIpc) is 3.18. The van der Waals surface area contributed by atoms with Crippen LogP contribution in [0.2, 0.25) is 0 Å². The molecule has 0 saturated carbocycles. The Labute approximate surface area is 178 Å². The van der Waals surface area contributed by atoms with Gasteiger partial charge in [0.25, 0.3) is 0 Å².